The Morgan fingerprint density at radius 3 is 2.39 bits per heavy atom. The lowest BCUT2D eigenvalue weighted by Gasteiger charge is -2.22. The molecule has 5 nitrogen and oxygen atoms in total. The molecule has 1 aliphatic rings. The molecule has 2 aromatic rings. The molecule has 1 fully saturated rings. The van der Waals surface area contributed by atoms with Crippen molar-refractivity contribution in [2.75, 3.05) is 26.1 Å². The number of benzene rings is 2. The quantitative estimate of drug-likeness (QED) is 0.697. The first-order chi connectivity index (χ1) is 13.5. The number of nitrogens with zero attached hydrogens (tertiary/aromatic N) is 1. The summed E-state index contributed by atoms with van der Waals surface area (Å²) in [6.07, 6.45) is 2.31. The molecule has 5 heteroatoms. The lowest BCUT2D eigenvalue weighted by Crippen LogP contribution is -2.34. The van der Waals surface area contributed by atoms with Gasteiger partial charge in [0.25, 0.3) is 0 Å². The topological polar surface area (TPSA) is 50.8 Å². The molecule has 2 aromatic carbocycles. The summed E-state index contributed by atoms with van der Waals surface area (Å²) in [5.41, 5.74) is 3.24. The Labute approximate surface area is 167 Å². The van der Waals surface area contributed by atoms with Crippen molar-refractivity contribution in [2.45, 2.75) is 45.2 Å². The number of hydrogen-bond donors (Lipinski definition) is 1. The molecule has 0 unspecified atom stereocenters. The molecular formula is C23H30N2O3. The highest BCUT2D eigenvalue weighted by molar-refractivity contribution is 5.93. The fourth-order valence-electron chi connectivity index (χ4n) is 3.27. The Balaban J connectivity index is 1.63. The molecule has 0 atom stereocenters. The Bertz CT molecular complexity index is 798. The van der Waals surface area contributed by atoms with E-state index in [9.17, 15) is 4.79 Å². The minimum absolute atomic E-state index is 0.0332. The fourth-order valence-corrected chi connectivity index (χ4v) is 3.27. The maximum Gasteiger partial charge on any atom is 0.238 e. The lowest BCUT2D eigenvalue weighted by molar-refractivity contribution is -0.117. The van der Waals surface area contributed by atoms with Gasteiger partial charge in [-0.1, -0.05) is 38.1 Å². The van der Waals surface area contributed by atoms with Crippen molar-refractivity contribution in [1.29, 1.82) is 0 Å². The van der Waals surface area contributed by atoms with Crippen LogP contribution in [0.2, 0.25) is 0 Å². The number of nitrogens with one attached hydrogen (secondary N) is 1. The first-order valence-corrected chi connectivity index (χ1v) is 9.85. The molecule has 0 radical (unpaired) electrons. The van der Waals surface area contributed by atoms with E-state index in [1.165, 1.54) is 11.1 Å². The van der Waals surface area contributed by atoms with Crippen molar-refractivity contribution >= 4 is 11.6 Å². The van der Waals surface area contributed by atoms with Gasteiger partial charge in [-0.05, 0) is 42.0 Å². The molecule has 0 aliphatic heterocycles. The summed E-state index contributed by atoms with van der Waals surface area (Å²) in [5, 5.41) is 2.97. The predicted molar refractivity (Wildman–Crippen MR) is 112 cm³/mol. The van der Waals surface area contributed by atoms with Crippen LogP contribution in [0.15, 0.2) is 42.5 Å². The second kappa shape index (κ2) is 9.11. The maximum absolute atomic E-state index is 12.7. The molecule has 3 rings (SSSR count). The molecule has 1 aliphatic carbocycles. The van der Waals surface area contributed by atoms with Gasteiger partial charge in [0.05, 0.1) is 26.5 Å². The van der Waals surface area contributed by atoms with Gasteiger partial charge < -0.3 is 14.8 Å². The van der Waals surface area contributed by atoms with Crippen molar-refractivity contribution in [3.63, 3.8) is 0 Å². The van der Waals surface area contributed by atoms with E-state index in [1.54, 1.807) is 20.3 Å². The van der Waals surface area contributed by atoms with E-state index >= 15 is 0 Å². The number of ether oxygens (including phenoxy) is 2. The van der Waals surface area contributed by atoms with E-state index in [4.69, 9.17) is 9.47 Å². The molecule has 1 N–H and O–H groups in total. The molecule has 0 saturated heterocycles. The zero-order valence-corrected chi connectivity index (χ0v) is 17.2. The predicted octanol–water partition coefficient (Wildman–Crippen LogP) is 4.43. The van der Waals surface area contributed by atoms with Crippen LogP contribution in [0.3, 0.4) is 0 Å². The van der Waals surface area contributed by atoms with Crippen LogP contribution < -0.4 is 14.8 Å². The van der Waals surface area contributed by atoms with E-state index in [-0.39, 0.29) is 5.91 Å². The second-order valence-electron chi connectivity index (χ2n) is 7.65. The average Bonchev–Trinajstić information content (AvgIpc) is 3.53. The number of methoxy groups -OCH3 is 2. The van der Waals surface area contributed by atoms with Crippen molar-refractivity contribution in [1.82, 2.24) is 4.90 Å². The number of carbonyl (C=O) groups is 1. The van der Waals surface area contributed by atoms with Crippen LogP contribution in [0, 0.1) is 0 Å². The number of rotatable bonds is 9. The smallest absolute Gasteiger partial charge is 0.238 e. The van der Waals surface area contributed by atoms with Crippen molar-refractivity contribution in [3.8, 4) is 11.5 Å². The van der Waals surface area contributed by atoms with Gasteiger partial charge in [-0.2, -0.15) is 0 Å². The zero-order valence-electron chi connectivity index (χ0n) is 17.2. The van der Waals surface area contributed by atoms with Crippen LogP contribution in [0.25, 0.3) is 0 Å². The number of amides is 1. The van der Waals surface area contributed by atoms with Gasteiger partial charge in [-0.25, -0.2) is 0 Å². The highest BCUT2D eigenvalue weighted by atomic mass is 16.5. The van der Waals surface area contributed by atoms with Gasteiger partial charge in [0.15, 0.2) is 0 Å². The molecule has 1 saturated carbocycles. The summed E-state index contributed by atoms with van der Waals surface area (Å²) in [6, 6.07) is 14.6. The summed E-state index contributed by atoms with van der Waals surface area (Å²) >= 11 is 0. The van der Waals surface area contributed by atoms with Gasteiger partial charge in [0.1, 0.15) is 11.5 Å². The molecule has 28 heavy (non-hydrogen) atoms. The third-order valence-electron chi connectivity index (χ3n) is 5.12. The summed E-state index contributed by atoms with van der Waals surface area (Å²) in [7, 11) is 3.19. The first kappa shape index (κ1) is 20.2. The van der Waals surface area contributed by atoms with Gasteiger partial charge >= 0.3 is 0 Å². The lowest BCUT2D eigenvalue weighted by atomic mass is 10.0. The number of hydrogen-bond acceptors (Lipinski definition) is 4. The van der Waals surface area contributed by atoms with Gasteiger partial charge in [-0.3, -0.25) is 9.69 Å². The molecule has 0 bridgehead atoms. The molecule has 0 heterocycles. The van der Waals surface area contributed by atoms with Crippen molar-refractivity contribution in [3.05, 3.63) is 53.6 Å². The van der Waals surface area contributed by atoms with Crippen molar-refractivity contribution in [2.24, 2.45) is 0 Å². The minimum atomic E-state index is -0.0332. The number of carbonyl (C=O) groups excluding carboxylic acids is 1. The largest absolute Gasteiger partial charge is 0.497 e. The van der Waals surface area contributed by atoms with Crippen LogP contribution >= 0.6 is 0 Å². The Hall–Kier alpha value is -2.53. The SMILES string of the molecule is COc1ccc(NC(=O)CN(Cc2ccc(C(C)C)cc2)C2CC2)c(OC)c1. The second-order valence-corrected chi connectivity index (χ2v) is 7.65. The highest BCUT2D eigenvalue weighted by Gasteiger charge is 2.30. The Morgan fingerprint density at radius 2 is 1.82 bits per heavy atom. The third kappa shape index (κ3) is 5.26. The van der Waals surface area contributed by atoms with Crippen LogP contribution in [-0.2, 0) is 11.3 Å². The van der Waals surface area contributed by atoms with E-state index in [2.05, 4.69) is 48.3 Å². The van der Waals surface area contributed by atoms with Crippen LogP contribution in [0.1, 0.15) is 43.7 Å². The van der Waals surface area contributed by atoms with Gasteiger partial charge in [0, 0.05) is 18.7 Å². The van der Waals surface area contributed by atoms with E-state index < -0.39 is 0 Å². The molecule has 0 spiro atoms. The van der Waals surface area contributed by atoms with E-state index in [0.29, 0.717) is 35.7 Å². The molecule has 0 aromatic heterocycles. The van der Waals surface area contributed by atoms with Crippen LogP contribution in [-0.4, -0.2) is 37.6 Å². The molecule has 150 valence electrons. The molecular weight excluding hydrogens is 352 g/mol. The third-order valence-corrected chi connectivity index (χ3v) is 5.12. The Kier molecular flexibility index (Phi) is 6.57. The Morgan fingerprint density at radius 1 is 1.11 bits per heavy atom. The van der Waals surface area contributed by atoms with Gasteiger partial charge in [-0.15, -0.1) is 0 Å². The monoisotopic (exact) mass is 382 g/mol. The van der Waals surface area contributed by atoms with Crippen LogP contribution in [0.4, 0.5) is 5.69 Å². The maximum atomic E-state index is 12.7. The summed E-state index contributed by atoms with van der Waals surface area (Å²) in [6.45, 7) is 5.55. The van der Waals surface area contributed by atoms with Gasteiger partial charge in [0.2, 0.25) is 5.91 Å². The van der Waals surface area contributed by atoms with Crippen molar-refractivity contribution < 1.29 is 14.3 Å². The average molecular weight is 383 g/mol. The normalized spacial score (nSPS) is 13.6. The number of anilines is 1. The zero-order chi connectivity index (χ0) is 20.1. The first-order valence-electron chi connectivity index (χ1n) is 9.85. The fraction of sp³-hybridized carbons (Fsp3) is 0.435. The van der Waals surface area contributed by atoms with E-state index in [0.717, 1.165) is 19.4 Å². The molecule has 1 amide bonds. The minimum Gasteiger partial charge on any atom is -0.497 e. The summed E-state index contributed by atoms with van der Waals surface area (Å²) in [4.78, 5) is 14.9. The van der Waals surface area contributed by atoms with E-state index in [1.807, 2.05) is 12.1 Å². The highest BCUT2D eigenvalue weighted by Crippen LogP contribution is 2.30. The summed E-state index contributed by atoms with van der Waals surface area (Å²) < 4.78 is 10.6. The summed E-state index contributed by atoms with van der Waals surface area (Å²) in [5.74, 6) is 1.78. The van der Waals surface area contributed by atoms with Crippen LogP contribution in [0.5, 0.6) is 11.5 Å². The standard InChI is InChI=1S/C23H30N2O3/c1-16(2)18-7-5-17(6-8-18)14-25(19-9-10-19)15-23(26)24-21-12-11-20(27-3)13-22(21)28-4/h5-8,11-13,16,19H,9-10,14-15H2,1-4H3,(H,24,26).